The molecule has 2 aromatic rings. The lowest BCUT2D eigenvalue weighted by Gasteiger charge is -2.30. The highest BCUT2D eigenvalue weighted by atomic mass is 16.5. The average Bonchev–Trinajstić information content (AvgIpc) is 3.19. The molecule has 1 aromatic carbocycles. The van der Waals surface area contributed by atoms with Crippen molar-refractivity contribution in [2.45, 2.75) is 19.6 Å². The van der Waals surface area contributed by atoms with Gasteiger partial charge in [0.25, 0.3) is 0 Å². The first kappa shape index (κ1) is 19.9. The van der Waals surface area contributed by atoms with Crippen molar-refractivity contribution in [3.63, 3.8) is 0 Å². The minimum Gasteiger partial charge on any atom is -0.491 e. The number of aliphatic hydroxyl groups is 1. The first-order chi connectivity index (χ1) is 13.2. The summed E-state index contributed by atoms with van der Waals surface area (Å²) < 4.78 is 16.7. The predicted octanol–water partition coefficient (Wildman–Crippen LogP) is 2.16. The maximum Gasteiger partial charge on any atom is 0.122 e. The third-order valence-corrected chi connectivity index (χ3v) is 4.79. The van der Waals surface area contributed by atoms with Crippen molar-refractivity contribution in [2.75, 3.05) is 52.5 Å². The van der Waals surface area contributed by atoms with Crippen LogP contribution in [0.5, 0.6) is 5.75 Å². The van der Waals surface area contributed by atoms with Gasteiger partial charge in [0, 0.05) is 32.7 Å². The predicted molar refractivity (Wildman–Crippen MR) is 104 cm³/mol. The van der Waals surface area contributed by atoms with E-state index in [0.29, 0.717) is 13.1 Å². The number of nitrogens with zero attached hydrogens (tertiary/aromatic N) is 2. The number of aryl methyl sites for hydroxylation is 1. The molecule has 1 aliphatic rings. The van der Waals surface area contributed by atoms with Gasteiger partial charge in [0.15, 0.2) is 0 Å². The molecule has 1 saturated heterocycles. The number of furan rings is 1. The van der Waals surface area contributed by atoms with Crippen LogP contribution in [-0.2, 0) is 11.3 Å². The number of hydrogen-bond acceptors (Lipinski definition) is 6. The summed E-state index contributed by atoms with van der Waals surface area (Å²) in [5.41, 5.74) is 1.07. The lowest BCUT2D eigenvalue weighted by Crippen LogP contribution is -2.43. The second kappa shape index (κ2) is 10.5. The van der Waals surface area contributed by atoms with E-state index >= 15 is 0 Å². The Morgan fingerprint density at radius 3 is 2.74 bits per heavy atom. The number of benzene rings is 1. The van der Waals surface area contributed by atoms with Gasteiger partial charge in [0.05, 0.1) is 26.0 Å². The van der Waals surface area contributed by atoms with Gasteiger partial charge in [-0.1, -0.05) is 18.2 Å². The Morgan fingerprint density at radius 1 is 1.19 bits per heavy atom. The van der Waals surface area contributed by atoms with Gasteiger partial charge in [-0.15, -0.1) is 0 Å². The Bertz CT molecular complexity index is 656. The highest BCUT2D eigenvalue weighted by molar-refractivity contribution is 5.31. The van der Waals surface area contributed by atoms with Crippen molar-refractivity contribution < 1.29 is 19.0 Å². The Hall–Kier alpha value is -1.86. The number of aliphatic hydroxyl groups excluding tert-OH is 1. The zero-order chi connectivity index (χ0) is 18.9. The summed E-state index contributed by atoms with van der Waals surface area (Å²) in [7, 11) is 0. The Balaban J connectivity index is 1.50. The largest absolute Gasteiger partial charge is 0.491 e. The fraction of sp³-hybridized carbons (Fsp3) is 0.524. The van der Waals surface area contributed by atoms with Gasteiger partial charge in [-0.2, -0.15) is 0 Å². The Morgan fingerprint density at radius 2 is 2.00 bits per heavy atom. The maximum absolute atomic E-state index is 10.5. The smallest absolute Gasteiger partial charge is 0.122 e. The van der Waals surface area contributed by atoms with Crippen molar-refractivity contribution in [3.05, 3.63) is 54.0 Å². The highest BCUT2D eigenvalue weighted by Gasteiger charge is 2.17. The number of rotatable bonds is 10. The van der Waals surface area contributed by atoms with Gasteiger partial charge in [0.2, 0.25) is 0 Å². The normalized spacial score (nSPS) is 16.6. The van der Waals surface area contributed by atoms with E-state index in [1.165, 1.54) is 0 Å². The monoisotopic (exact) mass is 374 g/mol. The third-order valence-electron chi connectivity index (χ3n) is 4.79. The lowest BCUT2D eigenvalue weighted by atomic mass is 10.2. The number of ether oxygens (including phenoxy) is 2. The third kappa shape index (κ3) is 6.66. The number of para-hydroxylation sites is 1. The zero-order valence-corrected chi connectivity index (χ0v) is 16.0. The number of hydrogen-bond donors (Lipinski definition) is 1. The van der Waals surface area contributed by atoms with E-state index in [9.17, 15) is 5.11 Å². The molecule has 2 heterocycles. The molecule has 1 atom stereocenters. The molecule has 6 nitrogen and oxygen atoms in total. The molecular weight excluding hydrogens is 344 g/mol. The number of morpholine rings is 1. The molecule has 0 amide bonds. The molecule has 0 radical (unpaired) electrons. The van der Waals surface area contributed by atoms with Crippen molar-refractivity contribution >= 4 is 0 Å². The van der Waals surface area contributed by atoms with Gasteiger partial charge < -0.3 is 19.0 Å². The van der Waals surface area contributed by atoms with E-state index in [2.05, 4.69) is 9.80 Å². The van der Waals surface area contributed by atoms with Gasteiger partial charge in [-0.25, -0.2) is 0 Å². The average molecular weight is 374 g/mol. The summed E-state index contributed by atoms with van der Waals surface area (Å²) in [5, 5.41) is 10.5. The van der Waals surface area contributed by atoms with Crippen LogP contribution in [0.2, 0.25) is 0 Å². The molecule has 148 valence electrons. The van der Waals surface area contributed by atoms with Gasteiger partial charge in [-0.05, 0) is 30.7 Å². The molecule has 3 rings (SSSR count). The highest BCUT2D eigenvalue weighted by Crippen LogP contribution is 2.16. The minimum atomic E-state index is -0.566. The summed E-state index contributed by atoms with van der Waals surface area (Å²) in [6.45, 7) is 8.84. The zero-order valence-electron chi connectivity index (χ0n) is 16.0. The molecule has 6 heteroatoms. The second-order valence-corrected chi connectivity index (χ2v) is 7.00. The van der Waals surface area contributed by atoms with Crippen LogP contribution in [-0.4, -0.2) is 73.6 Å². The first-order valence-corrected chi connectivity index (χ1v) is 9.62. The standard InChI is InChI=1S/C21H30N2O4/c1-18-5-2-3-7-21(18)27-17-19(24)15-23(16-20-6-4-12-26-20)9-8-22-10-13-25-14-11-22/h2-7,12,19,24H,8-11,13-17H2,1H3. The van der Waals surface area contributed by atoms with Crippen molar-refractivity contribution in [2.24, 2.45) is 0 Å². The first-order valence-electron chi connectivity index (χ1n) is 9.62. The lowest BCUT2D eigenvalue weighted by molar-refractivity contribution is 0.0247. The van der Waals surface area contributed by atoms with Gasteiger partial charge in [-0.3, -0.25) is 9.80 Å². The molecule has 1 fully saturated rings. The molecular formula is C21H30N2O4. The summed E-state index contributed by atoms with van der Waals surface area (Å²) in [4.78, 5) is 4.62. The van der Waals surface area contributed by atoms with E-state index < -0.39 is 6.10 Å². The van der Waals surface area contributed by atoms with E-state index in [1.807, 2.05) is 43.3 Å². The fourth-order valence-corrected chi connectivity index (χ4v) is 3.22. The topological polar surface area (TPSA) is 58.3 Å². The van der Waals surface area contributed by atoms with Gasteiger partial charge >= 0.3 is 0 Å². The van der Waals surface area contributed by atoms with Crippen molar-refractivity contribution in [1.29, 1.82) is 0 Å². The quantitative estimate of drug-likeness (QED) is 0.688. The molecule has 0 bridgehead atoms. The summed E-state index contributed by atoms with van der Waals surface area (Å²) in [6, 6.07) is 11.7. The molecule has 1 aliphatic heterocycles. The molecule has 1 aromatic heterocycles. The van der Waals surface area contributed by atoms with E-state index in [4.69, 9.17) is 13.9 Å². The molecule has 0 spiro atoms. The van der Waals surface area contributed by atoms with E-state index in [-0.39, 0.29) is 6.61 Å². The van der Waals surface area contributed by atoms with Crippen LogP contribution in [0.3, 0.4) is 0 Å². The summed E-state index contributed by atoms with van der Waals surface area (Å²) in [5.74, 6) is 1.73. The van der Waals surface area contributed by atoms with Gasteiger partial charge in [0.1, 0.15) is 24.2 Å². The van der Waals surface area contributed by atoms with Crippen molar-refractivity contribution in [1.82, 2.24) is 9.80 Å². The van der Waals surface area contributed by atoms with E-state index in [0.717, 1.165) is 56.5 Å². The van der Waals surface area contributed by atoms with Crippen LogP contribution < -0.4 is 4.74 Å². The second-order valence-electron chi connectivity index (χ2n) is 7.00. The van der Waals surface area contributed by atoms with Crippen LogP contribution in [0, 0.1) is 6.92 Å². The fourth-order valence-electron chi connectivity index (χ4n) is 3.22. The summed E-state index contributed by atoms with van der Waals surface area (Å²) in [6.07, 6.45) is 1.12. The molecule has 0 saturated carbocycles. The van der Waals surface area contributed by atoms with Crippen LogP contribution in [0.25, 0.3) is 0 Å². The SMILES string of the molecule is Cc1ccccc1OCC(O)CN(CCN1CCOCC1)Cc1ccco1. The Labute approximate surface area is 161 Å². The Kier molecular flexibility index (Phi) is 7.71. The van der Waals surface area contributed by atoms with Crippen LogP contribution >= 0.6 is 0 Å². The molecule has 1 unspecified atom stereocenters. The maximum atomic E-state index is 10.5. The molecule has 0 aliphatic carbocycles. The van der Waals surface area contributed by atoms with Crippen LogP contribution in [0.15, 0.2) is 47.1 Å². The summed E-state index contributed by atoms with van der Waals surface area (Å²) >= 11 is 0. The van der Waals surface area contributed by atoms with Crippen LogP contribution in [0.1, 0.15) is 11.3 Å². The van der Waals surface area contributed by atoms with Crippen molar-refractivity contribution in [3.8, 4) is 5.75 Å². The van der Waals surface area contributed by atoms with Crippen LogP contribution in [0.4, 0.5) is 0 Å². The van der Waals surface area contributed by atoms with E-state index in [1.54, 1.807) is 6.26 Å². The minimum absolute atomic E-state index is 0.275. The molecule has 27 heavy (non-hydrogen) atoms. The molecule has 1 N–H and O–H groups in total.